The summed E-state index contributed by atoms with van der Waals surface area (Å²) in [6, 6.07) is 11.3. The van der Waals surface area contributed by atoms with E-state index in [-0.39, 0.29) is 5.41 Å². The van der Waals surface area contributed by atoms with Crippen molar-refractivity contribution in [1.82, 2.24) is 19.7 Å². The summed E-state index contributed by atoms with van der Waals surface area (Å²) < 4.78 is 2.03. The van der Waals surface area contributed by atoms with Gasteiger partial charge in [0.25, 0.3) is 0 Å². The molecule has 0 aliphatic carbocycles. The van der Waals surface area contributed by atoms with E-state index in [9.17, 15) is 0 Å². The summed E-state index contributed by atoms with van der Waals surface area (Å²) in [5, 5.41) is 9.79. The Balaban J connectivity index is 2.02. The number of aromatic nitrogens is 4. The first-order chi connectivity index (χ1) is 12.4. The van der Waals surface area contributed by atoms with Crippen LogP contribution in [-0.4, -0.2) is 25.5 Å². The van der Waals surface area contributed by atoms with Gasteiger partial charge in [0.1, 0.15) is 23.2 Å². The van der Waals surface area contributed by atoms with E-state index in [2.05, 4.69) is 36.0 Å². The first-order valence-corrected chi connectivity index (χ1v) is 9.03. The number of aliphatic imine (C=N–C) groups is 1. The van der Waals surface area contributed by atoms with Gasteiger partial charge in [-0.3, -0.25) is 9.56 Å². The molecular formula is C19H17Cl2N5. The lowest BCUT2D eigenvalue weighted by Crippen LogP contribution is -2.20. The van der Waals surface area contributed by atoms with Gasteiger partial charge in [-0.05, 0) is 18.2 Å². The fraction of sp³-hybridized carbons (Fsp3) is 0.263. The Labute approximate surface area is 161 Å². The van der Waals surface area contributed by atoms with E-state index < -0.39 is 0 Å². The molecule has 0 bridgehead atoms. The fourth-order valence-corrected chi connectivity index (χ4v) is 3.40. The molecule has 5 nitrogen and oxygen atoms in total. The van der Waals surface area contributed by atoms with Crippen molar-refractivity contribution in [3.63, 3.8) is 0 Å². The highest BCUT2D eigenvalue weighted by molar-refractivity contribution is 6.35. The van der Waals surface area contributed by atoms with Crippen molar-refractivity contribution in [2.24, 2.45) is 4.99 Å². The molecule has 0 saturated heterocycles. The van der Waals surface area contributed by atoms with Crippen molar-refractivity contribution >= 4 is 28.9 Å². The summed E-state index contributed by atoms with van der Waals surface area (Å²) in [4.78, 5) is 9.34. The van der Waals surface area contributed by atoms with E-state index >= 15 is 0 Å². The maximum absolute atomic E-state index is 6.43. The fourth-order valence-electron chi connectivity index (χ4n) is 3.03. The van der Waals surface area contributed by atoms with Gasteiger partial charge < -0.3 is 0 Å². The first kappa shape index (κ1) is 17.2. The van der Waals surface area contributed by atoms with Crippen LogP contribution in [-0.2, 0) is 12.0 Å². The van der Waals surface area contributed by atoms with Gasteiger partial charge in [0.05, 0.1) is 16.4 Å². The van der Waals surface area contributed by atoms with Crippen molar-refractivity contribution in [1.29, 1.82) is 0 Å². The molecule has 0 amide bonds. The lowest BCUT2D eigenvalue weighted by molar-refractivity contribution is 0.531. The average Bonchev–Trinajstić information content (AvgIpc) is 2.95. The summed E-state index contributed by atoms with van der Waals surface area (Å²) in [5.74, 6) is 1.62. The summed E-state index contributed by atoms with van der Waals surface area (Å²) in [6.07, 6.45) is 0. The molecular weight excluding hydrogens is 369 g/mol. The van der Waals surface area contributed by atoms with Crippen LogP contribution in [0.4, 0.5) is 0 Å². The number of hydrogen-bond acceptors (Lipinski definition) is 4. The van der Waals surface area contributed by atoms with Crippen LogP contribution in [0.2, 0.25) is 10.2 Å². The number of rotatable bonds is 1. The van der Waals surface area contributed by atoms with Crippen LogP contribution >= 0.6 is 23.2 Å². The van der Waals surface area contributed by atoms with Gasteiger partial charge in [0.15, 0.2) is 5.82 Å². The predicted octanol–water partition coefficient (Wildman–Crippen LogP) is 4.62. The molecule has 2 aromatic heterocycles. The van der Waals surface area contributed by atoms with E-state index in [0.29, 0.717) is 28.1 Å². The second-order valence-electron chi connectivity index (χ2n) is 7.17. The van der Waals surface area contributed by atoms with Crippen molar-refractivity contribution in [3.05, 3.63) is 69.5 Å². The minimum atomic E-state index is -0.183. The molecule has 132 valence electrons. The first-order valence-electron chi connectivity index (χ1n) is 8.27. The minimum Gasteiger partial charge on any atom is -0.279 e. The standard InChI is InChI=1S/C19H17Cl2N5/c1-19(2,3)18-25-24-15-10-22-16(11-6-4-5-7-12(11)20)17-13(26(15)18)8-9-14(21)23-17/h4-9H,10H2,1-3H3. The molecule has 1 aliphatic heterocycles. The molecule has 26 heavy (non-hydrogen) atoms. The van der Waals surface area contributed by atoms with Gasteiger partial charge in [0, 0.05) is 11.0 Å². The number of fused-ring (bicyclic) bond motifs is 3. The molecule has 0 N–H and O–H groups in total. The van der Waals surface area contributed by atoms with Gasteiger partial charge >= 0.3 is 0 Å². The molecule has 3 aromatic rings. The van der Waals surface area contributed by atoms with Crippen LogP contribution in [0.1, 0.15) is 43.7 Å². The topological polar surface area (TPSA) is 56.0 Å². The number of hydrogen-bond donors (Lipinski definition) is 0. The van der Waals surface area contributed by atoms with Crippen molar-refractivity contribution in [2.45, 2.75) is 32.7 Å². The zero-order chi connectivity index (χ0) is 18.5. The van der Waals surface area contributed by atoms with Gasteiger partial charge in [0.2, 0.25) is 0 Å². The second-order valence-corrected chi connectivity index (χ2v) is 7.97. The van der Waals surface area contributed by atoms with Crippen LogP contribution in [0.25, 0.3) is 5.69 Å². The summed E-state index contributed by atoms with van der Waals surface area (Å²) in [6.45, 7) is 6.70. The Morgan fingerprint density at radius 2 is 1.77 bits per heavy atom. The van der Waals surface area contributed by atoms with E-state index in [0.717, 1.165) is 22.9 Å². The quantitative estimate of drug-likeness (QED) is 0.574. The predicted molar refractivity (Wildman–Crippen MR) is 104 cm³/mol. The Morgan fingerprint density at radius 1 is 1.00 bits per heavy atom. The minimum absolute atomic E-state index is 0.183. The van der Waals surface area contributed by atoms with Gasteiger partial charge in [-0.15, -0.1) is 10.2 Å². The molecule has 0 radical (unpaired) electrons. The lowest BCUT2D eigenvalue weighted by Gasteiger charge is -2.20. The van der Waals surface area contributed by atoms with Crippen LogP contribution < -0.4 is 0 Å². The number of pyridine rings is 1. The van der Waals surface area contributed by atoms with Crippen molar-refractivity contribution < 1.29 is 0 Å². The molecule has 0 spiro atoms. The molecule has 7 heteroatoms. The van der Waals surface area contributed by atoms with Crippen LogP contribution in [0.5, 0.6) is 0 Å². The Hall–Kier alpha value is -2.24. The monoisotopic (exact) mass is 385 g/mol. The van der Waals surface area contributed by atoms with Crippen LogP contribution in [0.15, 0.2) is 41.4 Å². The van der Waals surface area contributed by atoms with Gasteiger partial charge in [-0.1, -0.05) is 62.2 Å². The molecule has 4 rings (SSSR count). The summed E-state index contributed by atoms with van der Waals surface area (Å²) >= 11 is 12.6. The molecule has 0 fully saturated rings. The summed E-state index contributed by atoms with van der Waals surface area (Å²) in [7, 11) is 0. The maximum Gasteiger partial charge on any atom is 0.159 e. The highest BCUT2D eigenvalue weighted by atomic mass is 35.5. The zero-order valence-electron chi connectivity index (χ0n) is 14.7. The molecule has 3 heterocycles. The smallest absolute Gasteiger partial charge is 0.159 e. The normalized spacial score (nSPS) is 13.7. The van der Waals surface area contributed by atoms with Crippen molar-refractivity contribution in [2.75, 3.05) is 0 Å². The number of nitrogens with zero attached hydrogens (tertiary/aromatic N) is 5. The third-order valence-corrected chi connectivity index (χ3v) is 4.75. The Kier molecular flexibility index (Phi) is 4.09. The second kappa shape index (κ2) is 6.18. The van der Waals surface area contributed by atoms with Gasteiger partial charge in [-0.2, -0.15) is 0 Å². The van der Waals surface area contributed by atoms with E-state index in [1.54, 1.807) is 6.07 Å². The lowest BCUT2D eigenvalue weighted by atomic mass is 9.95. The van der Waals surface area contributed by atoms with E-state index in [4.69, 9.17) is 28.2 Å². The number of halogens is 2. The third-order valence-electron chi connectivity index (χ3n) is 4.21. The van der Waals surface area contributed by atoms with E-state index in [1.807, 2.05) is 34.9 Å². The molecule has 0 saturated carbocycles. The SMILES string of the molecule is CC(C)(C)c1nnc2n1-c1ccc(Cl)nc1C(c1ccccc1Cl)=NC2. The maximum atomic E-state index is 6.43. The Bertz CT molecular complexity index is 1030. The largest absolute Gasteiger partial charge is 0.279 e. The van der Waals surface area contributed by atoms with Crippen molar-refractivity contribution in [3.8, 4) is 5.69 Å². The third kappa shape index (κ3) is 2.81. The van der Waals surface area contributed by atoms with Gasteiger partial charge in [-0.25, -0.2) is 4.98 Å². The number of benzene rings is 1. The van der Waals surface area contributed by atoms with Crippen LogP contribution in [0.3, 0.4) is 0 Å². The zero-order valence-corrected chi connectivity index (χ0v) is 16.2. The molecule has 0 unspecified atom stereocenters. The highest BCUT2D eigenvalue weighted by Gasteiger charge is 2.29. The van der Waals surface area contributed by atoms with E-state index in [1.165, 1.54) is 0 Å². The molecule has 1 aromatic carbocycles. The Morgan fingerprint density at radius 3 is 2.50 bits per heavy atom. The highest BCUT2D eigenvalue weighted by Crippen LogP contribution is 2.31. The average molecular weight is 386 g/mol. The van der Waals surface area contributed by atoms with Crippen LogP contribution in [0, 0.1) is 0 Å². The molecule has 1 aliphatic rings. The molecule has 0 atom stereocenters. The summed E-state index contributed by atoms with van der Waals surface area (Å²) in [5.41, 5.74) is 2.88.